The summed E-state index contributed by atoms with van der Waals surface area (Å²) in [6.07, 6.45) is 14.3. The highest BCUT2D eigenvalue weighted by atomic mass is 35.5. The molecule has 0 aliphatic heterocycles. The zero-order valence-corrected chi connectivity index (χ0v) is 33.4. The molecule has 0 bridgehead atoms. The minimum atomic E-state index is -1.17. The lowest BCUT2D eigenvalue weighted by Gasteiger charge is -2.07. The Kier molecular flexibility index (Phi) is 26.1. The van der Waals surface area contributed by atoms with Gasteiger partial charge < -0.3 is 30.5 Å². The highest BCUT2D eigenvalue weighted by molar-refractivity contribution is 6.33. The SMILES string of the molecule is O=C(O)C=Cc1ccc(Oc2ccc(Cl)cc2)c([N+](=O)[O-])c1.O=C(O)CC(=O)Nc1ccccc1Cl.O=C(O)CCCCCCCC#CCCCCCCCC(=O)O. The van der Waals surface area contributed by atoms with E-state index in [1.54, 1.807) is 48.5 Å². The number of hydrogen-bond acceptors (Lipinski definition) is 8. The Morgan fingerprint density at radius 2 is 1.24 bits per heavy atom. The number of nitrogens with one attached hydrogen (secondary N) is 1. The molecule has 3 aromatic rings. The molecule has 1 amide bonds. The molecule has 0 saturated heterocycles. The first-order valence-corrected chi connectivity index (χ1v) is 19.2. The van der Waals surface area contributed by atoms with Crippen LogP contribution in [0.5, 0.6) is 11.5 Å². The van der Waals surface area contributed by atoms with Crippen molar-refractivity contribution in [1.82, 2.24) is 0 Å². The molecule has 14 nitrogen and oxygen atoms in total. The van der Waals surface area contributed by atoms with E-state index in [1.807, 2.05) is 0 Å². The molecule has 0 radical (unpaired) electrons. The summed E-state index contributed by atoms with van der Waals surface area (Å²) in [6, 6.07) is 17.2. The van der Waals surface area contributed by atoms with Gasteiger partial charge in [-0.2, -0.15) is 0 Å². The quantitative estimate of drug-likeness (QED) is 0.0159. The largest absolute Gasteiger partial charge is 0.481 e. The van der Waals surface area contributed by atoms with Crippen molar-refractivity contribution in [3.63, 3.8) is 0 Å². The molecule has 0 heterocycles. The fraction of sp³-hybridized carbons (Fsp3) is 0.357. The van der Waals surface area contributed by atoms with Gasteiger partial charge in [0.2, 0.25) is 11.7 Å². The van der Waals surface area contributed by atoms with Crippen LogP contribution in [0.1, 0.15) is 102 Å². The van der Waals surface area contributed by atoms with Crippen LogP contribution >= 0.6 is 23.2 Å². The molecule has 0 unspecified atom stereocenters. The Labute approximate surface area is 347 Å². The molecule has 0 atom stereocenters. The lowest BCUT2D eigenvalue weighted by molar-refractivity contribution is -0.385. The molecule has 0 saturated carbocycles. The van der Waals surface area contributed by atoms with E-state index in [0.29, 0.717) is 27.0 Å². The van der Waals surface area contributed by atoms with Crippen molar-refractivity contribution in [3.05, 3.63) is 98.5 Å². The molecule has 5 N–H and O–H groups in total. The van der Waals surface area contributed by atoms with Crippen LogP contribution in [0.15, 0.2) is 72.8 Å². The third-order valence-electron chi connectivity index (χ3n) is 7.61. The van der Waals surface area contributed by atoms with Gasteiger partial charge in [0.25, 0.3) is 0 Å². The van der Waals surface area contributed by atoms with E-state index < -0.39 is 41.1 Å². The molecule has 3 rings (SSSR count). The Bertz CT molecular complexity index is 1840. The van der Waals surface area contributed by atoms with Crippen LogP contribution in [0.4, 0.5) is 11.4 Å². The molecule has 0 aliphatic carbocycles. The van der Waals surface area contributed by atoms with Gasteiger partial charge in [0.05, 0.1) is 15.6 Å². The molecule has 58 heavy (non-hydrogen) atoms. The van der Waals surface area contributed by atoms with Crippen molar-refractivity contribution < 1.29 is 54.1 Å². The third-order valence-corrected chi connectivity index (χ3v) is 8.19. The molecule has 0 aliphatic rings. The van der Waals surface area contributed by atoms with Gasteiger partial charge in [-0.25, -0.2) is 4.79 Å². The van der Waals surface area contributed by atoms with Gasteiger partial charge in [0, 0.05) is 42.8 Å². The van der Waals surface area contributed by atoms with Gasteiger partial charge in [-0.15, -0.1) is 11.8 Å². The van der Waals surface area contributed by atoms with E-state index in [-0.39, 0.29) is 24.3 Å². The number of carboxylic acids is 4. The lowest BCUT2D eigenvalue weighted by atomic mass is 10.1. The van der Waals surface area contributed by atoms with Crippen LogP contribution < -0.4 is 10.1 Å². The monoisotopic (exact) mass is 842 g/mol. The first kappa shape index (κ1) is 50.1. The molecule has 312 valence electrons. The zero-order chi connectivity index (χ0) is 43.1. The van der Waals surface area contributed by atoms with Crippen molar-refractivity contribution in [2.45, 2.75) is 96.3 Å². The topological polar surface area (TPSA) is 231 Å². The predicted molar refractivity (Wildman–Crippen MR) is 221 cm³/mol. The summed E-state index contributed by atoms with van der Waals surface area (Å²) >= 11 is 11.5. The van der Waals surface area contributed by atoms with Gasteiger partial charge >= 0.3 is 29.6 Å². The number of hydrogen-bond donors (Lipinski definition) is 5. The summed E-state index contributed by atoms with van der Waals surface area (Å²) < 4.78 is 5.47. The molecular formula is C42H48Cl2N2O12. The number of aliphatic carboxylic acids is 4. The summed E-state index contributed by atoms with van der Waals surface area (Å²) in [5.74, 6) is 2.54. The fourth-order valence-corrected chi connectivity index (χ4v) is 5.08. The summed E-state index contributed by atoms with van der Waals surface area (Å²) in [5.41, 5.74) is 0.542. The number of nitro benzene ring substituents is 1. The maximum Gasteiger partial charge on any atom is 0.328 e. The smallest absolute Gasteiger partial charge is 0.328 e. The fourth-order valence-electron chi connectivity index (χ4n) is 4.78. The normalized spacial score (nSPS) is 10.1. The van der Waals surface area contributed by atoms with Gasteiger partial charge in [-0.1, -0.05) is 79.9 Å². The number of ether oxygens (including phenoxy) is 1. The third kappa shape index (κ3) is 26.0. The summed E-state index contributed by atoms with van der Waals surface area (Å²) in [4.78, 5) is 62.8. The second kappa shape index (κ2) is 30.3. The Balaban J connectivity index is 0.000000447. The number of carboxylic acid groups (broad SMARTS) is 4. The first-order chi connectivity index (χ1) is 27.7. The van der Waals surface area contributed by atoms with Crippen molar-refractivity contribution in [2.75, 3.05) is 5.32 Å². The molecule has 0 spiro atoms. The van der Waals surface area contributed by atoms with Crippen LogP contribution in [-0.2, 0) is 24.0 Å². The average Bonchev–Trinajstić information content (AvgIpc) is 3.16. The van der Waals surface area contributed by atoms with E-state index in [9.17, 15) is 34.1 Å². The number of benzene rings is 3. The second-order valence-electron chi connectivity index (χ2n) is 12.5. The van der Waals surface area contributed by atoms with Crippen molar-refractivity contribution >= 4 is 70.4 Å². The average molecular weight is 844 g/mol. The summed E-state index contributed by atoms with van der Waals surface area (Å²) in [7, 11) is 0. The minimum Gasteiger partial charge on any atom is -0.481 e. The van der Waals surface area contributed by atoms with Gasteiger partial charge in [-0.3, -0.25) is 29.3 Å². The number of nitro groups is 1. The number of carbonyl (C=O) groups excluding carboxylic acids is 1. The lowest BCUT2D eigenvalue weighted by Crippen LogP contribution is -2.15. The van der Waals surface area contributed by atoms with Crippen LogP contribution in [0.25, 0.3) is 6.08 Å². The zero-order valence-electron chi connectivity index (χ0n) is 31.9. The minimum absolute atomic E-state index is 0.0554. The summed E-state index contributed by atoms with van der Waals surface area (Å²) in [5, 5.41) is 48.3. The molecule has 16 heteroatoms. The number of halogens is 2. The van der Waals surface area contributed by atoms with E-state index in [1.165, 1.54) is 24.3 Å². The molecule has 3 aromatic carbocycles. The van der Waals surface area contributed by atoms with E-state index in [0.717, 1.165) is 83.1 Å². The van der Waals surface area contributed by atoms with E-state index in [2.05, 4.69) is 17.2 Å². The van der Waals surface area contributed by atoms with Crippen LogP contribution in [-0.4, -0.2) is 55.1 Å². The van der Waals surface area contributed by atoms with Crippen LogP contribution in [0.2, 0.25) is 10.0 Å². The number of carbonyl (C=O) groups is 5. The Morgan fingerprint density at radius 1 is 0.707 bits per heavy atom. The second-order valence-corrected chi connectivity index (χ2v) is 13.3. The molecule has 0 aromatic heterocycles. The van der Waals surface area contributed by atoms with Gasteiger partial charge in [-0.05, 0) is 79.8 Å². The number of amides is 1. The van der Waals surface area contributed by atoms with Crippen LogP contribution in [0.3, 0.4) is 0 Å². The number of rotatable bonds is 22. The molecular weight excluding hydrogens is 795 g/mol. The highest BCUT2D eigenvalue weighted by Gasteiger charge is 2.16. The number of unbranched alkanes of at least 4 members (excludes halogenated alkanes) is 10. The van der Waals surface area contributed by atoms with Crippen molar-refractivity contribution in [2.24, 2.45) is 0 Å². The van der Waals surface area contributed by atoms with E-state index >= 15 is 0 Å². The van der Waals surface area contributed by atoms with Gasteiger partial charge in [0.15, 0.2) is 0 Å². The van der Waals surface area contributed by atoms with Crippen molar-refractivity contribution in [1.29, 1.82) is 0 Å². The maximum absolute atomic E-state index is 11.1. The summed E-state index contributed by atoms with van der Waals surface area (Å²) in [6.45, 7) is 0. The standard InChI is InChI=1S/C18H30O4.C15H10ClNO5.C9H8ClNO3/c19-17(20)15-13-11-9-7-5-3-1-2-4-6-8-10-12-14-16-18(21)22;16-11-3-5-12(6-4-11)22-14-7-1-10(2-8-15(18)19)9-13(14)17(20)21;10-6-3-1-2-4-7(6)11-8(12)5-9(13)14/h3-16H2,(H,19,20)(H,21,22);1-9H,(H,18,19);1-4H,5H2,(H,11,12)(H,13,14). The number of para-hydroxylation sites is 1. The maximum atomic E-state index is 11.1. The van der Waals surface area contributed by atoms with Crippen LogP contribution in [0, 0.1) is 22.0 Å². The van der Waals surface area contributed by atoms with Crippen molar-refractivity contribution in [3.8, 4) is 23.3 Å². The number of anilines is 1. The van der Waals surface area contributed by atoms with Gasteiger partial charge in [0.1, 0.15) is 12.2 Å². The molecule has 0 fully saturated rings. The van der Waals surface area contributed by atoms with E-state index in [4.69, 9.17) is 48.4 Å². The first-order valence-electron chi connectivity index (χ1n) is 18.5. The number of nitrogens with zero attached hydrogens (tertiary/aromatic N) is 1. The Morgan fingerprint density at radius 3 is 1.74 bits per heavy atom. The Hall–Kier alpha value is -5.91. The highest BCUT2D eigenvalue weighted by Crippen LogP contribution is 2.33. The predicted octanol–water partition coefficient (Wildman–Crippen LogP) is 10.5.